The standard InChI is InChI=1S/C15H13N5O2/c16-19-14(21)10-6-7-11-12(8-10)18-13(20(17)15(11)22)9-4-2-1-3-5-9/h1-8H,16-17H2,(H,19,21). The predicted octanol–water partition coefficient (Wildman–Crippen LogP) is 0.381. The number of nitrogens with two attached hydrogens (primary N) is 2. The zero-order valence-electron chi connectivity index (χ0n) is 11.5. The van der Waals surface area contributed by atoms with Crippen molar-refractivity contribution >= 4 is 16.8 Å². The average molecular weight is 295 g/mol. The Morgan fingerprint density at radius 1 is 1.14 bits per heavy atom. The van der Waals surface area contributed by atoms with Crippen LogP contribution in [0.25, 0.3) is 22.3 Å². The van der Waals surface area contributed by atoms with Crippen molar-refractivity contribution in [2.24, 2.45) is 5.84 Å². The first-order valence-electron chi connectivity index (χ1n) is 6.50. The summed E-state index contributed by atoms with van der Waals surface area (Å²) in [6.07, 6.45) is 0. The number of hydrazine groups is 1. The highest BCUT2D eigenvalue weighted by molar-refractivity contribution is 5.97. The molecule has 0 saturated heterocycles. The fraction of sp³-hybridized carbons (Fsp3) is 0. The largest absolute Gasteiger partial charge is 0.334 e. The molecule has 5 N–H and O–H groups in total. The second kappa shape index (κ2) is 5.30. The number of fused-ring (bicyclic) bond motifs is 1. The van der Waals surface area contributed by atoms with Gasteiger partial charge < -0.3 is 5.84 Å². The van der Waals surface area contributed by atoms with E-state index in [2.05, 4.69) is 4.98 Å². The molecule has 3 aromatic rings. The number of nitrogens with zero attached hydrogens (tertiary/aromatic N) is 2. The van der Waals surface area contributed by atoms with Crippen molar-refractivity contribution in [1.82, 2.24) is 15.1 Å². The van der Waals surface area contributed by atoms with Gasteiger partial charge in [-0.15, -0.1) is 0 Å². The van der Waals surface area contributed by atoms with E-state index in [0.29, 0.717) is 27.9 Å². The third-order valence-electron chi connectivity index (χ3n) is 3.33. The number of amides is 1. The molecule has 0 saturated carbocycles. The van der Waals surface area contributed by atoms with Crippen molar-refractivity contribution in [3.63, 3.8) is 0 Å². The highest BCUT2D eigenvalue weighted by Crippen LogP contribution is 2.18. The molecule has 0 spiro atoms. The van der Waals surface area contributed by atoms with E-state index in [-0.39, 0.29) is 5.56 Å². The number of benzene rings is 2. The van der Waals surface area contributed by atoms with E-state index in [0.717, 1.165) is 4.68 Å². The van der Waals surface area contributed by atoms with Crippen molar-refractivity contribution < 1.29 is 4.79 Å². The summed E-state index contributed by atoms with van der Waals surface area (Å²) >= 11 is 0. The molecule has 7 nitrogen and oxygen atoms in total. The van der Waals surface area contributed by atoms with Gasteiger partial charge in [-0.3, -0.25) is 15.0 Å². The number of carbonyl (C=O) groups is 1. The molecule has 0 aliphatic heterocycles. The SMILES string of the molecule is NNC(=O)c1ccc2c(=O)n(N)c(-c3ccccc3)nc2c1. The molecule has 1 heterocycles. The number of nitrogen functional groups attached to an aromatic ring is 2. The van der Waals surface area contributed by atoms with Crippen LogP contribution in [0.15, 0.2) is 53.3 Å². The Kier molecular flexibility index (Phi) is 3.32. The normalized spacial score (nSPS) is 10.6. The smallest absolute Gasteiger partial charge is 0.280 e. The van der Waals surface area contributed by atoms with Crippen molar-refractivity contribution in [2.75, 3.05) is 5.84 Å². The molecule has 3 rings (SSSR count). The summed E-state index contributed by atoms with van der Waals surface area (Å²) in [7, 11) is 0. The van der Waals surface area contributed by atoms with E-state index >= 15 is 0 Å². The molecule has 0 aliphatic rings. The second-order valence-corrected chi connectivity index (χ2v) is 4.68. The highest BCUT2D eigenvalue weighted by Gasteiger charge is 2.12. The maximum atomic E-state index is 12.3. The van der Waals surface area contributed by atoms with Crippen LogP contribution in [0.2, 0.25) is 0 Å². The number of hydrogen-bond acceptors (Lipinski definition) is 5. The van der Waals surface area contributed by atoms with E-state index in [1.165, 1.54) is 18.2 Å². The molecule has 0 radical (unpaired) electrons. The molecule has 7 heteroatoms. The maximum Gasteiger partial charge on any atom is 0.280 e. The lowest BCUT2D eigenvalue weighted by Crippen LogP contribution is -2.31. The Balaban J connectivity index is 2.29. The number of carbonyl (C=O) groups excluding carboxylic acids is 1. The minimum Gasteiger partial charge on any atom is -0.334 e. The fourth-order valence-corrected chi connectivity index (χ4v) is 2.21. The van der Waals surface area contributed by atoms with E-state index in [1.807, 2.05) is 23.6 Å². The van der Waals surface area contributed by atoms with Gasteiger partial charge in [-0.05, 0) is 18.2 Å². The molecule has 0 atom stereocenters. The number of hydrogen-bond donors (Lipinski definition) is 3. The molecule has 110 valence electrons. The first-order chi connectivity index (χ1) is 10.6. The van der Waals surface area contributed by atoms with Gasteiger partial charge in [-0.2, -0.15) is 0 Å². The lowest BCUT2D eigenvalue weighted by atomic mass is 10.1. The van der Waals surface area contributed by atoms with Gasteiger partial charge in [-0.1, -0.05) is 30.3 Å². The minimum absolute atomic E-state index is 0.315. The molecule has 0 unspecified atom stereocenters. The molecule has 1 amide bonds. The van der Waals surface area contributed by atoms with Gasteiger partial charge >= 0.3 is 0 Å². The van der Waals surface area contributed by atoms with Gasteiger partial charge in [0.05, 0.1) is 10.9 Å². The van der Waals surface area contributed by atoms with Gasteiger partial charge in [0, 0.05) is 11.1 Å². The Morgan fingerprint density at radius 3 is 2.55 bits per heavy atom. The zero-order chi connectivity index (χ0) is 15.7. The molecule has 1 aromatic heterocycles. The van der Waals surface area contributed by atoms with Crippen LogP contribution >= 0.6 is 0 Å². The summed E-state index contributed by atoms with van der Waals surface area (Å²) in [6, 6.07) is 13.6. The maximum absolute atomic E-state index is 12.3. The van der Waals surface area contributed by atoms with Crippen LogP contribution in [0, 0.1) is 0 Å². The summed E-state index contributed by atoms with van der Waals surface area (Å²) in [5.41, 5.74) is 3.06. The van der Waals surface area contributed by atoms with Crippen LogP contribution in [-0.4, -0.2) is 15.6 Å². The quantitative estimate of drug-likeness (QED) is 0.359. The molecule has 0 aliphatic carbocycles. The van der Waals surface area contributed by atoms with Crippen LogP contribution in [-0.2, 0) is 0 Å². The monoisotopic (exact) mass is 295 g/mol. The van der Waals surface area contributed by atoms with Crippen molar-refractivity contribution in [1.29, 1.82) is 0 Å². The lowest BCUT2D eigenvalue weighted by Gasteiger charge is -2.09. The molecular formula is C15H13N5O2. The number of nitrogens with one attached hydrogen (secondary N) is 1. The molecule has 0 fully saturated rings. The average Bonchev–Trinajstić information content (AvgIpc) is 2.57. The summed E-state index contributed by atoms with van der Waals surface area (Å²) in [6.45, 7) is 0. The fourth-order valence-electron chi connectivity index (χ4n) is 2.21. The minimum atomic E-state index is -0.457. The Morgan fingerprint density at radius 2 is 1.86 bits per heavy atom. The second-order valence-electron chi connectivity index (χ2n) is 4.68. The lowest BCUT2D eigenvalue weighted by molar-refractivity contribution is 0.0954. The first-order valence-corrected chi connectivity index (χ1v) is 6.50. The predicted molar refractivity (Wildman–Crippen MR) is 83.2 cm³/mol. The summed E-state index contributed by atoms with van der Waals surface area (Å²) < 4.78 is 1.00. The van der Waals surface area contributed by atoms with Crippen LogP contribution in [0.3, 0.4) is 0 Å². The van der Waals surface area contributed by atoms with Crippen LogP contribution in [0.4, 0.5) is 0 Å². The molecule has 22 heavy (non-hydrogen) atoms. The molecular weight excluding hydrogens is 282 g/mol. The highest BCUT2D eigenvalue weighted by atomic mass is 16.2. The zero-order valence-corrected chi connectivity index (χ0v) is 11.5. The summed E-state index contributed by atoms with van der Waals surface area (Å²) in [4.78, 5) is 28.3. The Bertz CT molecular complexity index is 918. The van der Waals surface area contributed by atoms with Crippen LogP contribution in [0.5, 0.6) is 0 Å². The van der Waals surface area contributed by atoms with E-state index in [1.54, 1.807) is 12.1 Å². The number of rotatable bonds is 2. The Hall–Kier alpha value is -3.19. The van der Waals surface area contributed by atoms with Crippen LogP contribution < -0.4 is 22.7 Å². The van der Waals surface area contributed by atoms with Crippen LogP contribution in [0.1, 0.15) is 10.4 Å². The van der Waals surface area contributed by atoms with E-state index in [4.69, 9.17) is 11.7 Å². The van der Waals surface area contributed by atoms with E-state index in [9.17, 15) is 9.59 Å². The molecule has 0 bridgehead atoms. The third kappa shape index (κ3) is 2.19. The summed E-state index contributed by atoms with van der Waals surface area (Å²) in [5.74, 6) is 10.8. The van der Waals surface area contributed by atoms with E-state index < -0.39 is 5.91 Å². The van der Waals surface area contributed by atoms with Gasteiger partial charge in [0.25, 0.3) is 11.5 Å². The third-order valence-corrected chi connectivity index (χ3v) is 3.33. The topological polar surface area (TPSA) is 116 Å². The first kappa shape index (κ1) is 13.8. The molecule has 2 aromatic carbocycles. The van der Waals surface area contributed by atoms with Gasteiger partial charge in [-0.25, -0.2) is 15.5 Å². The van der Waals surface area contributed by atoms with Crippen molar-refractivity contribution in [2.45, 2.75) is 0 Å². The van der Waals surface area contributed by atoms with Crippen molar-refractivity contribution in [3.8, 4) is 11.4 Å². The van der Waals surface area contributed by atoms with Gasteiger partial charge in [0.2, 0.25) is 0 Å². The van der Waals surface area contributed by atoms with Crippen molar-refractivity contribution in [3.05, 3.63) is 64.4 Å². The van der Waals surface area contributed by atoms with Gasteiger partial charge in [0.15, 0.2) is 5.82 Å². The Labute approximate surface area is 125 Å². The summed E-state index contributed by atoms with van der Waals surface area (Å²) in [5, 5.41) is 0.329. The number of aromatic nitrogens is 2. The van der Waals surface area contributed by atoms with Gasteiger partial charge in [0.1, 0.15) is 0 Å².